The number of carbonyl (C=O) groups is 1. The highest BCUT2D eigenvalue weighted by Gasteiger charge is 2.36. The molecule has 0 aromatic carbocycles. The third-order valence-corrected chi connectivity index (χ3v) is 4.34. The maximum absolute atomic E-state index is 11.8. The van der Waals surface area contributed by atoms with Crippen LogP contribution in [0.5, 0.6) is 0 Å². The van der Waals surface area contributed by atoms with Crippen LogP contribution < -0.4 is 5.56 Å². The van der Waals surface area contributed by atoms with E-state index < -0.39 is 12.0 Å². The summed E-state index contributed by atoms with van der Waals surface area (Å²) in [4.78, 5) is 29.9. The first-order chi connectivity index (χ1) is 9.56. The number of carboxylic acid groups (broad SMARTS) is 1. The van der Waals surface area contributed by atoms with Crippen molar-refractivity contribution in [2.24, 2.45) is 5.92 Å². The third kappa shape index (κ3) is 2.20. The van der Waals surface area contributed by atoms with Crippen LogP contribution in [0.1, 0.15) is 19.0 Å². The highest BCUT2D eigenvalue weighted by molar-refractivity contribution is 7.14. The van der Waals surface area contributed by atoms with E-state index in [0.717, 1.165) is 6.42 Å². The first kappa shape index (κ1) is 13.2. The zero-order valence-corrected chi connectivity index (χ0v) is 11.7. The van der Waals surface area contributed by atoms with Gasteiger partial charge >= 0.3 is 5.97 Å². The number of aromatic nitrogens is 3. The van der Waals surface area contributed by atoms with Crippen LogP contribution >= 0.6 is 11.3 Å². The van der Waals surface area contributed by atoms with Gasteiger partial charge in [-0.05, 0) is 18.9 Å². The van der Waals surface area contributed by atoms with Gasteiger partial charge in [-0.3, -0.25) is 14.5 Å². The van der Waals surface area contributed by atoms with Gasteiger partial charge in [0.25, 0.3) is 5.56 Å². The van der Waals surface area contributed by atoms with E-state index in [1.807, 2.05) is 11.8 Å². The molecule has 20 heavy (non-hydrogen) atoms. The van der Waals surface area contributed by atoms with Crippen LogP contribution in [0.15, 0.2) is 16.4 Å². The Balaban J connectivity index is 1.89. The maximum Gasteiger partial charge on any atom is 0.321 e. The van der Waals surface area contributed by atoms with Crippen LogP contribution in [0.25, 0.3) is 4.96 Å². The second kappa shape index (κ2) is 4.95. The highest BCUT2D eigenvalue weighted by Crippen LogP contribution is 2.25. The molecule has 2 unspecified atom stereocenters. The zero-order chi connectivity index (χ0) is 14.3. The van der Waals surface area contributed by atoms with Crippen molar-refractivity contribution in [3.05, 3.63) is 27.6 Å². The number of nitrogens with zero attached hydrogens (tertiary/aromatic N) is 4. The predicted molar refractivity (Wildman–Crippen MR) is 72.7 cm³/mol. The minimum Gasteiger partial charge on any atom is -0.480 e. The Morgan fingerprint density at radius 1 is 1.60 bits per heavy atom. The molecule has 2 aromatic heterocycles. The number of fused-ring (bicyclic) bond motifs is 1. The predicted octanol–water partition coefficient (Wildman–Crippen LogP) is 0.446. The molecule has 0 radical (unpaired) electrons. The Morgan fingerprint density at radius 2 is 2.40 bits per heavy atom. The topological polar surface area (TPSA) is 87.8 Å². The average Bonchev–Trinajstić information content (AvgIpc) is 2.96. The second-order valence-corrected chi connectivity index (χ2v) is 5.85. The lowest BCUT2D eigenvalue weighted by Crippen LogP contribution is -2.38. The van der Waals surface area contributed by atoms with Crippen molar-refractivity contribution in [1.82, 2.24) is 19.5 Å². The Morgan fingerprint density at radius 3 is 3.15 bits per heavy atom. The third-order valence-electron chi connectivity index (χ3n) is 3.66. The molecular formula is C12H14N4O3S. The number of aliphatic carboxylic acids is 1. The van der Waals surface area contributed by atoms with Crippen LogP contribution in [0.4, 0.5) is 0 Å². The van der Waals surface area contributed by atoms with Gasteiger partial charge in [0, 0.05) is 12.6 Å². The quantitative estimate of drug-likeness (QED) is 0.884. The minimum atomic E-state index is -0.814. The van der Waals surface area contributed by atoms with E-state index in [0.29, 0.717) is 23.7 Å². The van der Waals surface area contributed by atoms with Crippen LogP contribution in [0, 0.1) is 5.92 Å². The summed E-state index contributed by atoms with van der Waals surface area (Å²) in [7, 11) is 0. The second-order valence-electron chi connectivity index (χ2n) is 5.04. The van der Waals surface area contributed by atoms with E-state index in [9.17, 15) is 14.7 Å². The molecule has 3 rings (SSSR count). The number of likely N-dealkylation sites (tertiary alicyclic amines) is 1. The van der Waals surface area contributed by atoms with Gasteiger partial charge < -0.3 is 5.11 Å². The van der Waals surface area contributed by atoms with Crippen molar-refractivity contribution in [3.8, 4) is 0 Å². The molecule has 1 aliphatic heterocycles. The highest BCUT2D eigenvalue weighted by atomic mass is 32.1. The van der Waals surface area contributed by atoms with Gasteiger partial charge in [0.1, 0.15) is 11.6 Å². The van der Waals surface area contributed by atoms with Crippen molar-refractivity contribution in [2.45, 2.75) is 25.9 Å². The van der Waals surface area contributed by atoms with E-state index in [1.54, 1.807) is 5.51 Å². The van der Waals surface area contributed by atoms with Crippen molar-refractivity contribution >= 4 is 22.3 Å². The molecule has 1 fully saturated rings. The smallest absolute Gasteiger partial charge is 0.321 e. The first-order valence-corrected chi connectivity index (χ1v) is 7.23. The summed E-state index contributed by atoms with van der Waals surface area (Å²) < 4.78 is 1.25. The molecule has 3 heterocycles. The molecule has 106 valence electrons. The molecule has 1 N–H and O–H groups in total. The van der Waals surface area contributed by atoms with Gasteiger partial charge in [0.15, 0.2) is 0 Å². The number of carboxylic acids is 1. The molecule has 0 amide bonds. The largest absolute Gasteiger partial charge is 0.480 e. The van der Waals surface area contributed by atoms with Crippen LogP contribution in [-0.4, -0.2) is 43.2 Å². The molecule has 2 atom stereocenters. The maximum atomic E-state index is 11.8. The van der Waals surface area contributed by atoms with Crippen molar-refractivity contribution in [3.63, 3.8) is 0 Å². The van der Waals surface area contributed by atoms with Crippen LogP contribution in [0.2, 0.25) is 0 Å². The summed E-state index contributed by atoms with van der Waals surface area (Å²) >= 11 is 1.29. The Bertz CT molecular complexity index is 710. The lowest BCUT2D eigenvalue weighted by molar-refractivity contribution is -0.143. The molecular weight excluding hydrogens is 280 g/mol. The molecule has 1 aliphatic rings. The normalized spacial score (nSPS) is 23.4. The number of hydrogen-bond acceptors (Lipinski definition) is 6. The van der Waals surface area contributed by atoms with Gasteiger partial charge in [0.2, 0.25) is 4.96 Å². The Kier molecular flexibility index (Phi) is 3.27. The lowest BCUT2D eigenvalue weighted by Gasteiger charge is -2.22. The number of rotatable bonds is 3. The monoisotopic (exact) mass is 294 g/mol. The molecule has 8 heteroatoms. The zero-order valence-electron chi connectivity index (χ0n) is 10.9. The fourth-order valence-corrected chi connectivity index (χ4v) is 3.34. The van der Waals surface area contributed by atoms with E-state index in [-0.39, 0.29) is 11.5 Å². The summed E-state index contributed by atoms with van der Waals surface area (Å²) in [5.74, 6) is -0.702. The number of hydrogen-bond donors (Lipinski definition) is 1. The van der Waals surface area contributed by atoms with Crippen LogP contribution in [-0.2, 0) is 11.3 Å². The van der Waals surface area contributed by atoms with Gasteiger partial charge in [-0.1, -0.05) is 18.3 Å². The lowest BCUT2D eigenvalue weighted by atomic mass is 10.0. The Labute approximate surface area is 118 Å². The van der Waals surface area contributed by atoms with E-state index in [1.165, 1.54) is 21.9 Å². The van der Waals surface area contributed by atoms with Crippen molar-refractivity contribution in [2.75, 3.05) is 6.54 Å². The Hall–Kier alpha value is -1.80. The van der Waals surface area contributed by atoms with Crippen molar-refractivity contribution < 1.29 is 9.90 Å². The van der Waals surface area contributed by atoms with E-state index >= 15 is 0 Å². The van der Waals surface area contributed by atoms with Crippen LogP contribution in [0.3, 0.4) is 0 Å². The van der Waals surface area contributed by atoms with Gasteiger partial charge in [0.05, 0.1) is 5.69 Å². The molecule has 0 bridgehead atoms. The molecule has 0 aliphatic carbocycles. The summed E-state index contributed by atoms with van der Waals surface area (Å²) in [5.41, 5.74) is 1.93. The van der Waals surface area contributed by atoms with E-state index in [2.05, 4.69) is 10.1 Å². The molecule has 0 spiro atoms. The molecule has 7 nitrogen and oxygen atoms in total. The summed E-state index contributed by atoms with van der Waals surface area (Å²) in [6, 6.07) is 0.922. The molecule has 0 saturated carbocycles. The summed E-state index contributed by atoms with van der Waals surface area (Å²) in [6.45, 7) is 3.03. The SMILES string of the molecule is CC1CCN(Cc2cc(=O)n3ncsc3n2)C1C(=O)O. The van der Waals surface area contributed by atoms with E-state index in [4.69, 9.17) is 0 Å². The van der Waals surface area contributed by atoms with Gasteiger partial charge in [-0.15, -0.1) is 0 Å². The fraction of sp³-hybridized carbons (Fsp3) is 0.500. The van der Waals surface area contributed by atoms with Gasteiger partial charge in [-0.25, -0.2) is 4.98 Å². The average molecular weight is 294 g/mol. The minimum absolute atomic E-state index is 0.112. The standard InChI is InChI=1S/C12H14N4O3S/c1-7-2-3-15(10(7)11(18)19)5-8-4-9(17)16-12(14-8)20-6-13-16/h4,6-7,10H,2-3,5H2,1H3,(H,18,19). The molecule has 1 saturated heterocycles. The molecule has 2 aromatic rings. The van der Waals surface area contributed by atoms with Crippen molar-refractivity contribution in [1.29, 1.82) is 0 Å². The fourth-order valence-electron chi connectivity index (χ4n) is 2.69. The summed E-state index contributed by atoms with van der Waals surface area (Å²) in [6.07, 6.45) is 0.846. The van der Waals surface area contributed by atoms with Gasteiger partial charge in [-0.2, -0.15) is 9.61 Å². The first-order valence-electron chi connectivity index (χ1n) is 6.35. The summed E-state index contributed by atoms with van der Waals surface area (Å²) in [5, 5.41) is 13.2.